The Kier molecular flexibility index (Phi) is 11.0. The summed E-state index contributed by atoms with van der Waals surface area (Å²) in [6, 6.07) is 25.3. The Balaban J connectivity index is 1.54. The van der Waals surface area contributed by atoms with Gasteiger partial charge in [0.1, 0.15) is 18.1 Å². The lowest BCUT2D eigenvalue weighted by atomic mass is 9.93. The molecule has 5 aromatic rings. The van der Waals surface area contributed by atoms with Crippen LogP contribution in [0.15, 0.2) is 100 Å². The number of methoxy groups -OCH3 is 1. The van der Waals surface area contributed by atoms with Crippen molar-refractivity contribution in [3.63, 3.8) is 0 Å². The first-order valence-corrected chi connectivity index (χ1v) is 18.4. The van der Waals surface area contributed by atoms with Gasteiger partial charge in [0.25, 0.3) is 5.56 Å². The third-order valence-corrected chi connectivity index (χ3v) is 10.6. The minimum absolute atomic E-state index is 0.167. The van der Waals surface area contributed by atoms with Gasteiger partial charge >= 0.3 is 5.97 Å². The maximum atomic E-state index is 14.4. The second-order valence-electron chi connectivity index (χ2n) is 10.5. The van der Waals surface area contributed by atoms with Gasteiger partial charge in [0.2, 0.25) is 0 Å². The van der Waals surface area contributed by atoms with Gasteiger partial charge in [-0.3, -0.25) is 9.36 Å². The number of hydrogen-bond donors (Lipinski definition) is 0. The molecule has 0 N–H and O–H groups in total. The third kappa shape index (κ3) is 7.23. The van der Waals surface area contributed by atoms with Gasteiger partial charge < -0.3 is 14.2 Å². The fourth-order valence-corrected chi connectivity index (χ4v) is 8.67. The van der Waals surface area contributed by atoms with Gasteiger partial charge in [-0.15, -0.1) is 0 Å². The van der Waals surface area contributed by atoms with Crippen LogP contribution in [-0.2, 0) is 16.1 Å². The highest BCUT2D eigenvalue weighted by atomic mass is 127. The van der Waals surface area contributed by atoms with Crippen LogP contribution in [0.3, 0.4) is 0 Å². The minimum Gasteiger partial charge on any atom is -0.497 e. The lowest BCUT2D eigenvalue weighted by molar-refractivity contribution is -0.138. The number of ether oxygens (including phenoxy) is 3. The summed E-state index contributed by atoms with van der Waals surface area (Å²) < 4.78 is 21.2. The molecule has 0 aliphatic carbocycles. The van der Waals surface area contributed by atoms with Crippen molar-refractivity contribution in [2.24, 2.45) is 4.99 Å². The summed E-state index contributed by atoms with van der Waals surface area (Å²) in [7, 11) is 1.59. The maximum Gasteiger partial charge on any atom is 0.338 e. The molecule has 2 heterocycles. The molecule has 1 aromatic heterocycles. The molecule has 1 aliphatic rings. The molecule has 12 heteroatoms. The smallest absolute Gasteiger partial charge is 0.338 e. The normalized spacial score (nSPS) is 14.4. The molecule has 0 fully saturated rings. The Hall–Kier alpha value is -3.17. The Labute approximate surface area is 317 Å². The maximum absolute atomic E-state index is 14.4. The number of rotatable bonds is 9. The van der Waals surface area contributed by atoms with Crippen molar-refractivity contribution in [3.05, 3.63) is 150 Å². The van der Waals surface area contributed by atoms with Crippen molar-refractivity contribution in [2.75, 3.05) is 13.7 Å². The van der Waals surface area contributed by atoms with E-state index in [1.165, 1.54) is 11.3 Å². The van der Waals surface area contributed by atoms with Gasteiger partial charge in [0, 0.05) is 14.7 Å². The highest BCUT2D eigenvalue weighted by molar-refractivity contribution is 14.1. The molecule has 0 bridgehead atoms. The van der Waals surface area contributed by atoms with Crippen molar-refractivity contribution in [2.45, 2.75) is 19.6 Å². The van der Waals surface area contributed by atoms with Crippen molar-refractivity contribution in [1.82, 2.24) is 4.57 Å². The second kappa shape index (κ2) is 15.2. The lowest BCUT2D eigenvalue weighted by Gasteiger charge is -2.26. The highest BCUT2D eigenvalue weighted by Gasteiger charge is 2.35. The van der Waals surface area contributed by atoms with E-state index >= 15 is 0 Å². The van der Waals surface area contributed by atoms with Gasteiger partial charge in [-0.05, 0) is 106 Å². The molecule has 0 spiro atoms. The van der Waals surface area contributed by atoms with Gasteiger partial charge in [-0.1, -0.05) is 83.1 Å². The van der Waals surface area contributed by atoms with Crippen LogP contribution in [0.1, 0.15) is 35.2 Å². The van der Waals surface area contributed by atoms with E-state index in [1.54, 1.807) is 30.7 Å². The standard InChI is InChI=1S/C36H26Cl2I2N2O5S/c1-3-46-35(44)30-31(21-7-5-4-6-8-21)41-36-42(32(30)22-10-12-25(45-2)13-11-22)34(43)29(48-36)17-23-16-24(39)18-28(40)33(23)47-19-20-9-14-26(37)27(38)15-20/h4-18,32H,3,19H2,1-2H3/b29-17-/t32-/m1/s1. The molecule has 1 aliphatic heterocycles. The van der Waals surface area contributed by atoms with Crippen molar-refractivity contribution >= 4 is 97.5 Å². The Morgan fingerprint density at radius 1 is 1.00 bits per heavy atom. The largest absolute Gasteiger partial charge is 0.497 e. The van der Waals surface area contributed by atoms with E-state index in [0.29, 0.717) is 42.1 Å². The average Bonchev–Trinajstić information content (AvgIpc) is 3.39. The highest BCUT2D eigenvalue weighted by Crippen LogP contribution is 2.36. The number of thiazole rings is 1. The number of fused-ring (bicyclic) bond motifs is 1. The van der Waals surface area contributed by atoms with Crippen LogP contribution >= 0.6 is 79.7 Å². The van der Waals surface area contributed by atoms with Crippen LogP contribution < -0.4 is 24.4 Å². The van der Waals surface area contributed by atoms with Crippen molar-refractivity contribution in [3.8, 4) is 11.5 Å². The van der Waals surface area contributed by atoms with E-state index in [2.05, 4.69) is 45.2 Å². The summed E-state index contributed by atoms with van der Waals surface area (Å²) in [5.41, 5.74) is 3.47. The first kappa shape index (κ1) is 34.7. The van der Waals surface area contributed by atoms with Gasteiger partial charge in [0.15, 0.2) is 4.80 Å². The van der Waals surface area contributed by atoms with E-state index in [1.807, 2.05) is 78.9 Å². The van der Waals surface area contributed by atoms with E-state index in [4.69, 9.17) is 42.4 Å². The SMILES string of the molecule is CCOC(=O)C1=C(c2ccccc2)N=c2s/c(=C\c3cc(I)cc(I)c3OCc3ccc(Cl)c(Cl)c3)c(=O)n2[C@@H]1c1ccc(OC)cc1. The first-order valence-electron chi connectivity index (χ1n) is 14.7. The fraction of sp³-hybridized carbons (Fsp3) is 0.139. The monoisotopic (exact) mass is 922 g/mol. The predicted octanol–water partition coefficient (Wildman–Crippen LogP) is 8.04. The Morgan fingerprint density at radius 3 is 2.44 bits per heavy atom. The van der Waals surface area contributed by atoms with Crippen molar-refractivity contribution < 1.29 is 19.0 Å². The molecular weight excluding hydrogens is 897 g/mol. The number of nitrogens with zero attached hydrogens (tertiary/aromatic N) is 2. The molecule has 244 valence electrons. The van der Waals surface area contributed by atoms with Gasteiger partial charge in [-0.2, -0.15) is 0 Å². The van der Waals surface area contributed by atoms with Crippen LogP contribution in [0.5, 0.6) is 11.5 Å². The number of carbonyl (C=O) groups excluding carboxylic acids is 1. The molecule has 0 saturated carbocycles. The minimum atomic E-state index is -0.801. The number of aromatic nitrogens is 1. The predicted molar refractivity (Wildman–Crippen MR) is 207 cm³/mol. The molecule has 4 aromatic carbocycles. The van der Waals surface area contributed by atoms with E-state index in [9.17, 15) is 9.59 Å². The van der Waals surface area contributed by atoms with Crippen LogP contribution in [-0.4, -0.2) is 24.3 Å². The molecular formula is C36H26Cl2I2N2O5S. The van der Waals surface area contributed by atoms with Gasteiger partial charge in [0.05, 0.1) is 49.2 Å². The third-order valence-electron chi connectivity index (χ3n) is 7.50. The topological polar surface area (TPSA) is 79.1 Å². The Morgan fingerprint density at radius 2 is 1.75 bits per heavy atom. The molecule has 1 atom stereocenters. The number of halogens is 4. The second-order valence-corrected chi connectivity index (χ2v) is 14.8. The van der Waals surface area contributed by atoms with E-state index in [-0.39, 0.29) is 24.3 Å². The summed E-state index contributed by atoms with van der Waals surface area (Å²) in [5, 5.41) is 0.912. The number of hydrogen-bond acceptors (Lipinski definition) is 7. The van der Waals surface area contributed by atoms with Gasteiger partial charge in [-0.25, -0.2) is 9.79 Å². The number of carbonyl (C=O) groups is 1. The van der Waals surface area contributed by atoms with Crippen LogP contribution in [0.25, 0.3) is 11.8 Å². The zero-order valence-corrected chi connectivity index (χ0v) is 32.2. The van der Waals surface area contributed by atoms with Crippen molar-refractivity contribution in [1.29, 1.82) is 0 Å². The molecule has 48 heavy (non-hydrogen) atoms. The summed E-state index contributed by atoms with van der Waals surface area (Å²) in [4.78, 5) is 33.6. The zero-order valence-electron chi connectivity index (χ0n) is 25.5. The average molecular weight is 923 g/mol. The molecule has 7 nitrogen and oxygen atoms in total. The lowest BCUT2D eigenvalue weighted by Crippen LogP contribution is -2.40. The van der Waals surface area contributed by atoms with E-state index < -0.39 is 12.0 Å². The molecule has 0 radical (unpaired) electrons. The van der Waals surface area contributed by atoms with Crippen LogP contribution in [0.2, 0.25) is 10.0 Å². The molecule has 0 saturated heterocycles. The van der Waals surface area contributed by atoms with E-state index in [0.717, 1.165) is 23.8 Å². The first-order chi connectivity index (χ1) is 23.2. The Bertz CT molecular complexity index is 2240. The summed E-state index contributed by atoms with van der Waals surface area (Å²) in [6.07, 6.45) is 1.82. The fourth-order valence-electron chi connectivity index (χ4n) is 5.31. The summed E-state index contributed by atoms with van der Waals surface area (Å²) in [5.74, 6) is 0.731. The molecule has 0 unspecified atom stereocenters. The quantitative estimate of drug-likeness (QED) is 0.111. The van der Waals surface area contributed by atoms with Crippen LogP contribution in [0.4, 0.5) is 0 Å². The summed E-state index contributed by atoms with van der Waals surface area (Å²) in [6.45, 7) is 2.17. The number of benzene rings is 4. The summed E-state index contributed by atoms with van der Waals surface area (Å²) >= 11 is 18.1. The zero-order chi connectivity index (χ0) is 33.9. The number of esters is 1. The van der Waals surface area contributed by atoms with Crippen LogP contribution in [0, 0.1) is 7.14 Å². The molecule has 6 rings (SSSR count). The molecule has 0 amide bonds.